The van der Waals surface area contributed by atoms with Gasteiger partial charge in [0, 0.05) is 38.1 Å². The minimum atomic E-state index is 0.00988. The highest BCUT2D eigenvalue weighted by Gasteiger charge is 2.18. The van der Waals surface area contributed by atoms with Gasteiger partial charge in [-0.15, -0.1) is 0 Å². The molecule has 1 aromatic rings. The summed E-state index contributed by atoms with van der Waals surface area (Å²) in [7, 11) is 4.10. The molecule has 0 spiro atoms. The number of nitrogens with zero attached hydrogens (tertiary/aromatic N) is 2. The maximum absolute atomic E-state index is 5.86. The number of hydrogen-bond donors (Lipinski definition) is 3. The molecule has 0 aromatic heterocycles. The maximum Gasteiger partial charge on any atom is 0.196 e. The fraction of sp³-hybridized carbons (Fsp3) is 0.650. The molecule has 1 fully saturated rings. The van der Waals surface area contributed by atoms with E-state index in [1.165, 1.54) is 37.8 Å². The summed E-state index contributed by atoms with van der Waals surface area (Å²) in [5.41, 5.74) is 8.11. The first-order chi connectivity index (χ1) is 11.9. The van der Waals surface area contributed by atoms with E-state index >= 15 is 0 Å². The first kappa shape index (κ1) is 19.6. The van der Waals surface area contributed by atoms with E-state index in [0.29, 0.717) is 19.1 Å². The second kappa shape index (κ2) is 9.09. The topological polar surface area (TPSA) is 65.7 Å². The SMILES string of the molecule is CN(C)c1ccc(NC(=NCC(C)(C)CN)NC2CCCCC2)cc1. The predicted molar refractivity (Wildman–Crippen MR) is 110 cm³/mol. The van der Waals surface area contributed by atoms with Gasteiger partial charge < -0.3 is 21.3 Å². The molecule has 0 aliphatic heterocycles. The van der Waals surface area contributed by atoms with Crippen LogP contribution in [-0.2, 0) is 0 Å². The maximum atomic E-state index is 5.86. The van der Waals surface area contributed by atoms with E-state index in [1.807, 2.05) is 0 Å². The lowest BCUT2D eigenvalue weighted by molar-refractivity contribution is 0.389. The van der Waals surface area contributed by atoms with E-state index in [-0.39, 0.29) is 5.41 Å². The summed E-state index contributed by atoms with van der Waals surface area (Å²) in [6.07, 6.45) is 6.40. The van der Waals surface area contributed by atoms with Crippen molar-refractivity contribution in [2.24, 2.45) is 16.1 Å². The van der Waals surface area contributed by atoms with Crippen molar-refractivity contribution in [3.8, 4) is 0 Å². The zero-order valence-corrected chi connectivity index (χ0v) is 16.3. The van der Waals surface area contributed by atoms with E-state index in [2.05, 4.69) is 67.7 Å². The summed E-state index contributed by atoms with van der Waals surface area (Å²) in [6, 6.07) is 8.94. The molecule has 0 amide bonds. The Kier molecular flexibility index (Phi) is 7.12. The van der Waals surface area contributed by atoms with Crippen molar-refractivity contribution < 1.29 is 0 Å². The largest absolute Gasteiger partial charge is 0.378 e. The molecule has 4 N–H and O–H groups in total. The van der Waals surface area contributed by atoms with Crippen LogP contribution in [0.1, 0.15) is 46.0 Å². The predicted octanol–water partition coefficient (Wildman–Crippen LogP) is 3.43. The third-order valence-corrected chi connectivity index (χ3v) is 4.81. The van der Waals surface area contributed by atoms with Crippen LogP contribution in [0.2, 0.25) is 0 Å². The average Bonchev–Trinajstić information content (AvgIpc) is 2.61. The first-order valence-corrected chi connectivity index (χ1v) is 9.45. The summed E-state index contributed by atoms with van der Waals surface area (Å²) in [5, 5.41) is 7.09. The lowest BCUT2D eigenvalue weighted by Gasteiger charge is -2.26. The molecule has 5 nitrogen and oxygen atoms in total. The molecule has 2 rings (SSSR count). The van der Waals surface area contributed by atoms with E-state index in [1.54, 1.807) is 0 Å². The number of benzene rings is 1. The van der Waals surface area contributed by atoms with Crippen molar-refractivity contribution in [2.45, 2.75) is 52.0 Å². The second-order valence-corrected chi connectivity index (χ2v) is 8.08. The van der Waals surface area contributed by atoms with Gasteiger partial charge >= 0.3 is 0 Å². The molecule has 5 heteroatoms. The standard InChI is InChI=1S/C20H35N5/c1-20(2,14-21)15-22-19(23-16-8-6-5-7-9-16)24-17-10-12-18(13-11-17)25(3)4/h10-13,16H,5-9,14-15,21H2,1-4H3,(H2,22,23,24). The minimum Gasteiger partial charge on any atom is -0.378 e. The Balaban J connectivity index is 2.07. The molecule has 1 aromatic carbocycles. The summed E-state index contributed by atoms with van der Waals surface area (Å²) >= 11 is 0. The Hall–Kier alpha value is -1.75. The monoisotopic (exact) mass is 345 g/mol. The van der Waals surface area contributed by atoms with Crippen LogP contribution in [0, 0.1) is 5.41 Å². The highest BCUT2D eigenvalue weighted by molar-refractivity contribution is 5.94. The van der Waals surface area contributed by atoms with E-state index in [4.69, 9.17) is 10.7 Å². The second-order valence-electron chi connectivity index (χ2n) is 8.08. The van der Waals surface area contributed by atoms with Crippen LogP contribution in [0.15, 0.2) is 29.3 Å². The highest BCUT2D eigenvalue weighted by Crippen LogP contribution is 2.19. The smallest absolute Gasteiger partial charge is 0.196 e. The van der Waals surface area contributed by atoms with Crippen LogP contribution in [0.3, 0.4) is 0 Å². The van der Waals surface area contributed by atoms with Gasteiger partial charge in [-0.2, -0.15) is 0 Å². The molecular weight excluding hydrogens is 310 g/mol. The summed E-state index contributed by atoms with van der Waals surface area (Å²) in [4.78, 5) is 6.92. The number of guanidine groups is 1. The Morgan fingerprint density at radius 1 is 1.16 bits per heavy atom. The number of aliphatic imine (C=N–C) groups is 1. The van der Waals surface area contributed by atoms with Crippen LogP contribution in [0.25, 0.3) is 0 Å². The number of hydrogen-bond acceptors (Lipinski definition) is 3. The fourth-order valence-electron chi connectivity index (χ4n) is 2.90. The van der Waals surface area contributed by atoms with Crippen molar-refractivity contribution in [1.29, 1.82) is 0 Å². The molecule has 0 radical (unpaired) electrons. The first-order valence-electron chi connectivity index (χ1n) is 9.45. The van der Waals surface area contributed by atoms with Crippen LogP contribution in [0.5, 0.6) is 0 Å². The van der Waals surface area contributed by atoms with Gasteiger partial charge in [-0.05, 0) is 49.1 Å². The minimum absolute atomic E-state index is 0.00988. The molecule has 0 atom stereocenters. The van der Waals surface area contributed by atoms with E-state index < -0.39 is 0 Å². The Labute approximate surface area is 153 Å². The van der Waals surface area contributed by atoms with Crippen molar-refractivity contribution in [3.05, 3.63) is 24.3 Å². The Morgan fingerprint density at radius 2 is 1.80 bits per heavy atom. The summed E-state index contributed by atoms with van der Waals surface area (Å²) < 4.78 is 0. The van der Waals surface area contributed by atoms with Crippen LogP contribution >= 0.6 is 0 Å². The third kappa shape index (κ3) is 6.58. The summed E-state index contributed by atoms with van der Waals surface area (Å²) in [5.74, 6) is 0.867. The van der Waals surface area contributed by atoms with Crippen LogP contribution < -0.4 is 21.3 Å². The van der Waals surface area contributed by atoms with Gasteiger partial charge in [0.05, 0.1) is 0 Å². The van der Waals surface area contributed by atoms with Gasteiger partial charge in [0.2, 0.25) is 0 Å². The lowest BCUT2D eigenvalue weighted by Crippen LogP contribution is -2.41. The highest BCUT2D eigenvalue weighted by atomic mass is 15.2. The van der Waals surface area contributed by atoms with E-state index in [9.17, 15) is 0 Å². The number of nitrogens with one attached hydrogen (secondary N) is 2. The normalized spacial score (nSPS) is 16.6. The number of rotatable bonds is 6. The molecule has 1 aliphatic rings. The molecule has 0 heterocycles. The zero-order valence-electron chi connectivity index (χ0n) is 16.3. The lowest BCUT2D eigenvalue weighted by atomic mass is 9.94. The van der Waals surface area contributed by atoms with Gasteiger partial charge in [0.1, 0.15) is 0 Å². The molecule has 1 saturated carbocycles. The van der Waals surface area contributed by atoms with Gasteiger partial charge in [0.25, 0.3) is 0 Å². The molecule has 140 valence electrons. The van der Waals surface area contributed by atoms with Gasteiger partial charge in [-0.1, -0.05) is 33.1 Å². The fourth-order valence-corrected chi connectivity index (χ4v) is 2.90. The van der Waals surface area contributed by atoms with Gasteiger partial charge in [-0.25, -0.2) is 0 Å². The molecule has 0 saturated heterocycles. The molecule has 25 heavy (non-hydrogen) atoms. The van der Waals surface area contributed by atoms with Gasteiger partial charge in [0.15, 0.2) is 5.96 Å². The zero-order chi connectivity index (χ0) is 18.3. The molecule has 0 unspecified atom stereocenters. The Bertz CT molecular complexity index is 542. The third-order valence-electron chi connectivity index (χ3n) is 4.81. The molecule has 1 aliphatic carbocycles. The molecule has 0 bridgehead atoms. The van der Waals surface area contributed by atoms with E-state index in [0.717, 1.165) is 11.6 Å². The van der Waals surface area contributed by atoms with Crippen molar-refractivity contribution in [2.75, 3.05) is 37.4 Å². The van der Waals surface area contributed by atoms with Crippen molar-refractivity contribution in [3.63, 3.8) is 0 Å². The van der Waals surface area contributed by atoms with Crippen molar-refractivity contribution in [1.82, 2.24) is 5.32 Å². The number of nitrogens with two attached hydrogens (primary N) is 1. The van der Waals surface area contributed by atoms with Crippen LogP contribution in [-0.4, -0.2) is 39.2 Å². The summed E-state index contributed by atoms with van der Waals surface area (Å²) in [6.45, 7) is 5.65. The molecular formula is C20H35N5. The quantitative estimate of drug-likeness (QED) is 0.546. The average molecular weight is 346 g/mol. The van der Waals surface area contributed by atoms with Crippen molar-refractivity contribution >= 4 is 17.3 Å². The number of anilines is 2. The van der Waals surface area contributed by atoms with Crippen LogP contribution in [0.4, 0.5) is 11.4 Å². The Morgan fingerprint density at radius 3 is 2.36 bits per heavy atom. The van der Waals surface area contributed by atoms with Gasteiger partial charge in [-0.3, -0.25) is 4.99 Å².